The van der Waals surface area contributed by atoms with Crippen LogP contribution in [0.15, 0.2) is 29.3 Å². The minimum absolute atomic E-state index is 0.214. The van der Waals surface area contributed by atoms with Crippen molar-refractivity contribution in [3.8, 4) is 0 Å². The SMILES string of the molecule is CC(C)(C)OC(=O)Nc1ccc2c(=O)[nH]cnc2c1. The minimum Gasteiger partial charge on any atom is -0.444 e. The summed E-state index contributed by atoms with van der Waals surface area (Å²) in [4.78, 5) is 29.6. The van der Waals surface area contributed by atoms with Crippen molar-refractivity contribution in [1.29, 1.82) is 0 Å². The van der Waals surface area contributed by atoms with E-state index in [1.807, 2.05) is 0 Å². The third-order valence-corrected chi connectivity index (χ3v) is 2.29. The fourth-order valence-corrected chi connectivity index (χ4v) is 1.57. The molecule has 1 amide bonds. The van der Waals surface area contributed by atoms with Crippen LogP contribution in [0.3, 0.4) is 0 Å². The van der Waals surface area contributed by atoms with Gasteiger partial charge in [-0.25, -0.2) is 9.78 Å². The first-order valence-electron chi connectivity index (χ1n) is 5.83. The summed E-state index contributed by atoms with van der Waals surface area (Å²) < 4.78 is 5.14. The van der Waals surface area contributed by atoms with Gasteiger partial charge in [-0.1, -0.05) is 0 Å². The van der Waals surface area contributed by atoms with Crippen molar-refractivity contribution >= 4 is 22.7 Å². The quantitative estimate of drug-likeness (QED) is 0.824. The highest BCUT2D eigenvalue weighted by molar-refractivity contribution is 5.89. The van der Waals surface area contributed by atoms with Crippen LogP contribution in [-0.2, 0) is 4.74 Å². The molecule has 0 atom stereocenters. The Bertz CT molecular complexity index is 671. The maximum absolute atomic E-state index is 11.6. The van der Waals surface area contributed by atoms with Crippen molar-refractivity contribution in [2.75, 3.05) is 5.32 Å². The molecule has 6 nitrogen and oxygen atoms in total. The zero-order chi connectivity index (χ0) is 14.0. The van der Waals surface area contributed by atoms with Gasteiger partial charge in [-0.05, 0) is 39.0 Å². The van der Waals surface area contributed by atoms with Crippen LogP contribution in [0.4, 0.5) is 10.5 Å². The topological polar surface area (TPSA) is 84.1 Å². The molecule has 0 aliphatic carbocycles. The second kappa shape index (κ2) is 4.72. The van der Waals surface area contributed by atoms with Gasteiger partial charge in [0.1, 0.15) is 5.60 Å². The summed E-state index contributed by atoms with van der Waals surface area (Å²) in [7, 11) is 0. The molecule has 1 aromatic heterocycles. The fraction of sp³-hybridized carbons (Fsp3) is 0.308. The van der Waals surface area contributed by atoms with Crippen LogP contribution in [0.1, 0.15) is 20.8 Å². The largest absolute Gasteiger partial charge is 0.444 e. The van der Waals surface area contributed by atoms with E-state index in [1.54, 1.807) is 39.0 Å². The highest BCUT2D eigenvalue weighted by atomic mass is 16.6. The van der Waals surface area contributed by atoms with Crippen LogP contribution < -0.4 is 10.9 Å². The molecule has 0 saturated carbocycles. The van der Waals surface area contributed by atoms with Gasteiger partial charge < -0.3 is 9.72 Å². The van der Waals surface area contributed by atoms with Gasteiger partial charge >= 0.3 is 6.09 Å². The molecular weight excluding hydrogens is 246 g/mol. The van der Waals surface area contributed by atoms with E-state index in [1.165, 1.54) is 6.33 Å². The summed E-state index contributed by atoms with van der Waals surface area (Å²) in [6, 6.07) is 4.85. The average molecular weight is 261 g/mol. The standard InChI is InChI=1S/C13H15N3O3/c1-13(2,3)19-12(18)16-8-4-5-9-10(6-8)14-7-15-11(9)17/h4-7H,1-3H3,(H,16,18)(H,14,15,17). The molecule has 2 N–H and O–H groups in total. The van der Waals surface area contributed by atoms with Gasteiger partial charge in [0.25, 0.3) is 5.56 Å². The number of carbonyl (C=O) groups excluding carboxylic acids is 1. The number of hydrogen-bond donors (Lipinski definition) is 2. The zero-order valence-electron chi connectivity index (χ0n) is 11.0. The monoisotopic (exact) mass is 261 g/mol. The number of aromatic amines is 1. The van der Waals surface area contributed by atoms with E-state index >= 15 is 0 Å². The number of fused-ring (bicyclic) bond motifs is 1. The van der Waals surface area contributed by atoms with Crippen LogP contribution in [0.2, 0.25) is 0 Å². The molecule has 0 radical (unpaired) electrons. The summed E-state index contributed by atoms with van der Waals surface area (Å²) in [6.45, 7) is 5.36. The predicted molar refractivity (Wildman–Crippen MR) is 72.2 cm³/mol. The van der Waals surface area contributed by atoms with E-state index in [2.05, 4.69) is 15.3 Å². The lowest BCUT2D eigenvalue weighted by Crippen LogP contribution is -2.27. The van der Waals surface area contributed by atoms with Crippen molar-refractivity contribution in [2.45, 2.75) is 26.4 Å². The predicted octanol–water partition coefficient (Wildman–Crippen LogP) is 2.27. The zero-order valence-corrected chi connectivity index (χ0v) is 11.0. The van der Waals surface area contributed by atoms with Gasteiger partial charge in [0, 0.05) is 5.69 Å². The summed E-state index contributed by atoms with van der Waals surface area (Å²) in [5.41, 5.74) is 0.266. The fourth-order valence-electron chi connectivity index (χ4n) is 1.57. The maximum atomic E-state index is 11.6. The number of benzene rings is 1. The second-order valence-electron chi connectivity index (χ2n) is 5.09. The second-order valence-corrected chi connectivity index (χ2v) is 5.09. The van der Waals surface area contributed by atoms with E-state index in [0.717, 1.165) is 0 Å². The molecule has 0 spiro atoms. The van der Waals surface area contributed by atoms with Crippen LogP contribution in [0, 0.1) is 0 Å². The van der Waals surface area contributed by atoms with Crippen molar-refractivity contribution in [1.82, 2.24) is 9.97 Å². The highest BCUT2D eigenvalue weighted by Crippen LogP contribution is 2.15. The van der Waals surface area contributed by atoms with Crippen LogP contribution in [0.25, 0.3) is 10.9 Å². The average Bonchev–Trinajstić information content (AvgIpc) is 2.26. The smallest absolute Gasteiger partial charge is 0.412 e. The number of amides is 1. The molecular formula is C13H15N3O3. The molecule has 0 aliphatic heterocycles. The van der Waals surface area contributed by atoms with Crippen molar-refractivity contribution in [3.05, 3.63) is 34.9 Å². The highest BCUT2D eigenvalue weighted by Gasteiger charge is 2.16. The van der Waals surface area contributed by atoms with Crippen molar-refractivity contribution in [3.63, 3.8) is 0 Å². The van der Waals surface area contributed by atoms with Gasteiger partial charge in [0.2, 0.25) is 0 Å². The number of anilines is 1. The Morgan fingerprint density at radius 1 is 1.37 bits per heavy atom. The van der Waals surface area contributed by atoms with Gasteiger partial charge in [-0.2, -0.15) is 0 Å². The number of rotatable bonds is 1. The number of aromatic nitrogens is 2. The van der Waals surface area contributed by atoms with E-state index in [0.29, 0.717) is 16.6 Å². The number of H-pyrrole nitrogens is 1. The summed E-state index contributed by atoms with van der Waals surface area (Å²) in [5, 5.41) is 3.07. The Morgan fingerprint density at radius 3 is 2.79 bits per heavy atom. The van der Waals surface area contributed by atoms with Crippen LogP contribution in [-0.4, -0.2) is 21.7 Å². The van der Waals surface area contributed by atoms with E-state index in [-0.39, 0.29) is 5.56 Å². The van der Waals surface area contributed by atoms with E-state index < -0.39 is 11.7 Å². The molecule has 19 heavy (non-hydrogen) atoms. The van der Waals surface area contributed by atoms with Crippen LogP contribution in [0.5, 0.6) is 0 Å². The molecule has 1 aromatic carbocycles. The Labute approximate surface area is 109 Å². The molecule has 100 valence electrons. The lowest BCUT2D eigenvalue weighted by Gasteiger charge is -2.19. The van der Waals surface area contributed by atoms with Gasteiger partial charge in [0.15, 0.2) is 0 Å². The molecule has 6 heteroatoms. The minimum atomic E-state index is -0.559. The number of hydrogen-bond acceptors (Lipinski definition) is 4. The Morgan fingerprint density at radius 2 is 2.11 bits per heavy atom. The molecule has 0 fully saturated rings. The Balaban J connectivity index is 2.23. The van der Waals surface area contributed by atoms with Gasteiger partial charge in [-0.15, -0.1) is 0 Å². The molecule has 0 saturated heterocycles. The maximum Gasteiger partial charge on any atom is 0.412 e. The van der Waals surface area contributed by atoms with Crippen molar-refractivity contribution in [2.24, 2.45) is 0 Å². The van der Waals surface area contributed by atoms with E-state index in [9.17, 15) is 9.59 Å². The summed E-state index contributed by atoms with van der Waals surface area (Å²) in [5.74, 6) is 0. The first kappa shape index (κ1) is 13.1. The first-order valence-corrected chi connectivity index (χ1v) is 5.83. The molecule has 0 bridgehead atoms. The number of nitrogens with one attached hydrogen (secondary N) is 2. The summed E-state index contributed by atoms with van der Waals surface area (Å²) >= 11 is 0. The Hall–Kier alpha value is -2.37. The van der Waals surface area contributed by atoms with E-state index in [4.69, 9.17) is 4.74 Å². The molecule has 2 aromatic rings. The van der Waals surface area contributed by atoms with Gasteiger partial charge in [-0.3, -0.25) is 10.1 Å². The summed E-state index contributed by atoms with van der Waals surface area (Å²) in [6.07, 6.45) is 0.777. The molecule has 2 rings (SSSR count). The van der Waals surface area contributed by atoms with Crippen molar-refractivity contribution < 1.29 is 9.53 Å². The third-order valence-electron chi connectivity index (χ3n) is 2.29. The Kier molecular flexibility index (Phi) is 3.25. The number of carbonyl (C=O) groups is 1. The lowest BCUT2D eigenvalue weighted by molar-refractivity contribution is 0.0636. The molecule has 0 unspecified atom stereocenters. The number of ether oxygens (including phenoxy) is 1. The van der Waals surface area contributed by atoms with Crippen LogP contribution >= 0.6 is 0 Å². The lowest BCUT2D eigenvalue weighted by atomic mass is 10.2. The molecule has 1 heterocycles. The molecule has 0 aliphatic rings. The normalized spacial score (nSPS) is 11.3. The number of nitrogens with zero attached hydrogens (tertiary/aromatic N) is 1. The first-order chi connectivity index (χ1) is 8.85. The third kappa shape index (κ3) is 3.31. The van der Waals surface area contributed by atoms with Gasteiger partial charge in [0.05, 0.1) is 17.2 Å².